The van der Waals surface area contributed by atoms with Crippen LogP contribution in [0.15, 0.2) is 23.1 Å². The molecule has 1 rings (SSSR count). The number of halogens is 1. The molecule has 0 spiro atoms. The van der Waals surface area contributed by atoms with Gasteiger partial charge in [-0.3, -0.25) is 4.79 Å². The minimum atomic E-state index is -4.04. The fourth-order valence-electron chi connectivity index (χ4n) is 1.16. The first-order chi connectivity index (χ1) is 8.62. The fraction of sp³-hybridized carbons (Fsp3) is 0.273. The van der Waals surface area contributed by atoms with Crippen LogP contribution in [0.25, 0.3) is 0 Å². The predicted octanol–water partition coefficient (Wildman–Crippen LogP) is 1.12. The normalized spacial score (nSPS) is 12.8. The Labute approximate surface area is 115 Å². The van der Waals surface area contributed by atoms with Gasteiger partial charge in [-0.15, -0.1) is 0 Å². The Morgan fingerprint density at radius 1 is 1.37 bits per heavy atom. The Morgan fingerprint density at radius 3 is 2.42 bits per heavy atom. The molecule has 6 nitrogen and oxygen atoms in total. The van der Waals surface area contributed by atoms with Crippen LogP contribution in [0.3, 0.4) is 0 Å². The molecule has 19 heavy (non-hydrogen) atoms. The number of esters is 1. The van der Waals surface area contributed by atoms with Crippen molar-refractivity contribution >= 4 is 33.4 Å². The number of hydrogen-bond acceptors (Lipinski definition) is 5. The van der Waals surface area contributed by atoms with Crippen molar-refractivity contribution in [1.82, 2.24) is 0 Å². The number of primary sulfonamides is 1. The van der Waals surface area contributed by atoms with E-state index in [1.165, 1.54) is 26.0 Å². The number of nitrogens with two attached hydrogens (primary N) is 1. The van der Waals surface area contributed by atoms with Crippen molar-refractivity contribution in [2.75, 3.05) is 0 Å². The molecule has 0 aliphatic heterocycles. The summed E-state index contributed by atoms with van der Waals surface area (Å²) in [6.45, 7) is 2.69. The van der Waals surface area contributed by atoms with Gasteiger partial charge in [0, 0.05) is 0 Å². The number of carbonyl (C=O) groups excluding carboxylic acids is 2. The largest absolute Gasteiger partial charge is 0.451 e. The van der Waals surface area contributed by atoms with E-state index >= 15 is 0 Å². The molecule has 2 N–H and O–H groups in total. The summed E-state index contributed by atoms with van der Waals surface area (Å²) in [5.74, 6) is -1.15. The number of benzene rings is 1. The Morgan fingerprint density at radius 2 is 1.95 bits per heavy atom. The molecule has 104 valence electrons. The summed E-state index contributed by atoms with van der Waals surface area (Å²) in [5.41, 5.74) is -0.0541. The summed E-state index contributed by atoms with van der Waals surface area (Å²) in [5, 5.41) is 4.86. The van der Waals surface area contributed by atoms with Crippen molar-refractivity contribution in [3.05, 3.63) is 28.8 Å². The topological polar surface area (TPSA) is 104 Å². The maximum atomic E-state index is 11.7. The molecule has 8 heteroatoms. The molecule has 0 heterocycles. The molecule has 0 unspecified atom stereocenters. The van der Waals surface area contributed by atoms with Crippen LogP contribution in [-0.2, 0) is 19.6 Å². The summed E-state index contributed by atoms with van der Waals surface area (Å²) in [4.78, 5) is 22.3. The van der Waals surface area contributed by atoms with Crippen LogP contribution in [-0.4, -0.2) is 26.3 Å². The highest BCUT2D eigenvalue weighted by molar-refractivity contribution is 7.89. The molecule has 1 aromatic rings. The van der Waals surface area contributed by atoms with Crippen molar-refractivity contribution in [1.29, 1.82) is 0 Å². The molecule has 0 aliphatic carbocycles. The standard InChI is InChI=1S/C11H12ClNO5S/c1-6(14)7(2)18-11(15)8-3-4-9(12)10(5-8)19(13,16)17/h3-5,7H,1-2H3,(H2,13,16,17)/t7-/m0/s1. The van der Waals surface area contributed by atoms with Gasteiger partial charge in [-0.2, -0.15) is 0 Å². The van der Waals surface area contributed by atoms with Gasteiger partial charge >= 0.3 is 5.97 Å². The van der Waals surface area contributed by atoms with Crippen LogP contribution in [0, 0.1) is 0 Å². The van der Waals surface area contributed by atoms with Crippen molar-refractivity contribution in [2.24, 2.45) is 5.14 Å². The third kappa shape index (κ3) is 4.02. The molecule has 1 atom stereocenters. The first kappa shape index (κ1) is 15.6. The van der Waals surface area contributed by atoms with Crippen molar-refractivity contribution in [2.45, 2.75) is 24.8 Å². The monoisotopic (exact) mass is 305 g/mol. The second-order valence-electron chi connectivity index (χ2n) is 3.85. The van der Waals surface area contributed by atoms with E-state index in [9.17, 15) is 18.0 Å². The molecule has 0 saturated heterocycles. The van der Waals surface area contributed by atoms with Crippen LogP contribution in [0.4, 0.5) is 0 Å². The molecule has 0 aromatic heterocycles. The average Bonchev–Trinajstić information content (AvgIpc) is 2.27. The SMILES string of the molecule is CC(=O)[C@H](C)OC(=O)c1ccc(Cl)c(S(N)(=O)=O)c1. The van der Waals surface area contributed by atoms with E-state index in [-0.39, 0.29) is 21.3 Å². The van der Waals surface area contributed by atoms with Gasteiger partial charge in [0.25, 0.3) is 0 Å². The quantitative estimate of drug-likeness (QED) is 0.840. The predicted molar refractivity (Wildman–Crippen MR) is 68.4 cm³/mol. The second-order valence-corrected chi connectivity index (χ2v) is 5.79. The molecule has 0 bridgehead atoms. The van der Waals surface area contributed by atoms with Crippen LogP contribution in [0.2, 0.25) is 5.02 Å². The number of hydrogen-bond donors (Lipinski definition) is 1. The third-order valence-electron chi connectivity index (χ3n) is 2.33. The van der Waals surface area contributed by atoms with Crippen LogP contribution in [0.5, 0.6) is 0 Å². The molecule has 0 fully saturated rings. The van der Waals surface area contributed by atoms with Crippen molar-refractivity contribution < 1.29 is 22.7 Å². The summed E-state index contributed by atoms with van der Waals surface area (Å²) in [7, 11) is -4.04. The second kappa shape index (κ2) is 5.68. The van der Waals surface area contributed by atoms with Gasteiger partial charge in [0.2, 0.25) is 10.0 Å². The molecule has 0 aliphatic rings. The third-order valence-corrected chi connectivity index (χ3v) is 3.72. The summed E-state index contributed by atoms with van der Waals surface area (Å²) in [6.07, 6.45) is -0.916. The molecule has 0 saturated carbocycles. The van der Waals surface area contributed by atoms with Crippen molar-refractivity contribution in [3.63, 3.8) is 0 Å². The fourth-order valence-corrected chi connectivity index (χ4v) is 2.23. The van der Waals surface area contributed by atoms with Crippen LogP contribution < -0.4 is 5.14 Å². The Bertz CT molecular complexity index is 626. The lowest BCUT2D eigenvalue weighted by atomic mass is 10.2. The van der Waals surface area contributed by atoms with Crippen LogP contribution in [0.1, 0.15) is 24.2 Å². The molecule has 1 aromatic carbocycles. The minimum Gasteiger partial charge on any atom is -0.451 e. The lowest BCUT2D eigenvalue weighted by Gasteiger charge is -2.10. The van der Waals surface area contributed by atoms with E-state index in [4.69, 9.17) is 21.5 Å². The summed E-state index contributed by atoms with van der Waals surface area (Å²) < 4.78 is 27.3. The molecule has 0 radical (unpaired) electrons. The zero-order valence-electron chi connectivity index (χ0n) is 10.2. The summed E-state index contributed by atoms with van der Waals surface area (Å²) >= 11 is 5.68. The number of ketones is 1. The molecule has 0 amide bonds. The lowest BCUT2D eigenvalue weighted by molar-refractivity contribution is -0.124. The smallest absolute Gasteiger partial charge is 0.338 e. The van der Waals surface area contributed by atoms with E-state index in [0.29, 0.717) is 0 Å². The zero-order valence-corrected chi connectivity index (χ0v) is 11.8. The Kier molecular flexibility index (Phi) is 4.67. The molecular formula is C11H12ClNO5S. The first-order valence-corrected chi connectivity index (χ1v) is 7.09. The maximum absolute atomic E-state index is 11.7. The average molecular weight is 306 g/mol. The lowest BCUT2D eigenvalue weighted by Crippen LogP contribution is -2.22. The minimum absolute atomic E-state index is 0.0541. The number of rotatable bonds is 4. The number of Topliss-reactive ketones (excluding diaryl/α,β-unsaturated/α-hetero) is 1. The van der Waals surface area contributed by atoms with E-state index in [1.54, 1.807) is 0 Å². The van der Waals surface area contributed by atoms with Gasteiger partial charge in [-0.05, 0) is 32.0 Å². The number of ether oxygens (including phenoxy) is 1. The number of sulfonamides is 1. The van der Waals surface area contributed by atoms with Gasteiger partial charge in [-0.25, -0.2) is 18.4 Å². The van der Waals surface area contributed by atoms with Crippen molar-refractivity contribution in [3.8, 4) is 0 Å². The Balaban J connectivity index is 3.10. The maximum Gasteiger partial charge on any atom is 0.338 e. The van der Waals surface area contributed by atoms with E-state index in [2.05, 4.69) is 0 Å². The van der Waals surface area contributed by atoms with Gasteiger partial charge < -0.3 is 4.74 Å². The highest BCUT2D eigenvalue weighted by atomic mass is 35.5. The first-order valence-electron chi connectivity index (χ1n) is 5.16. The van der Waals surface area contributed by atoms with Gasteiger partial charge in [0.05, 0.1) is 10.6 Å². The summed E-state index contributed by atoms with van der Waals surface area (Å²) in [6, 6.07) is 3.51. The van der Waals surface area contributed by atoms with E-state index < -0.39 is 22.1 Å². The van der Waals surface area contributed by atoms with E-state index in [1.807, 2.05) is 0 Å². The van der Waals surface area contributed by atoms with Gasteiger partial charge in [0.1, 0.15) is 4.90 Å². The molecular weight excluding hydrogens is 294 g/mol. The zero-order chi connectivity index (χ0) is 14.8. The number of carbonyl (C=O) groups is 2. The highest BCUT2D eigenvalue weighted by Gasteiger charge is 2.19. The van der Waals surface area contributed by atoms with Gasteiger partial charge in [0.15, 0.2) is 11.9 Å². The highest BCUT2D eigenvalue weighted by Crippen LogP contribution is 2.22. The Hall–Kier alpha value is -1.44. The van der Waals surface area contributed by atoms with Crippen LogP contribution >= 0.6 is 11.6 Å². The van der Waals surface area contributed by atoms with Gasteiger partial charge in [-0.1, -0.05) is 11.6 Å². The van der Waals surface area contributed by atoms with E-state index in [0.717, 1.165) is 6.07 Å².